The van der Waals surface area contributed by atoms with E-state index >= 15 is 0 Å². The Bertz CT molecular complexity index is 1800. The average Bonchev–Trinajstić information content (AvgIpc) is 3.68. The van der Waals surface area contributed by atoms with Crippen LogP contribution in [0.1, 0.15) is 24.2 Å². The number of H-pyrrole nitrogens is 1. The Labute approximate surface area is 230 Å². The maximum atomic E-state index is 12.7. The van der Waals surface area contributed by atoms with Crippen LogP contribution in [-0.4, -0.2) is 37.1 Å². The highest BCUT2D eigenvalue weighted by molar-refractivity contribution is 7.31. The molecule has 0 aliphatic heterocycles. The fraction of sp³-hybridized carbons (Fsp3) is 0.143. The number of fused-ring (bicyclic) bond motifs is 2. The predicted molar refractivity (Wildman–Crippen MR) is 153 cm³/mol. The van der Waals surface area contributed by atoms with Gasteiger partial charge in [0, 0.05) is 38.4 Å². The number of carboxylic acid groups (broad SMARTS) is 1. The third kappa shape index (κ3) is 4.89. The zero-order valence-corrected chi connectivity index (χ0v) is 22.6. The molecule has 2 aromatic carbocycles. The van der Waals surface area contributed by atoms with E-state index in [-0.39, 0.29) is 6.42 Å². The van der Waals surface area contributed by atoms with Crippen LogP contribution in [0.25, 0.3) is 41.3 Å². The molecule has 0 saturated heterocycles. The van der Waals surface area contributed by atoms with Crippen molar-refractivity contribution in [1.82, 2.24) is 20.0 Å². The number of carboxylic acids is 1. The topological polar surface area (TPSA) is 122 Å². The summed E-state index contributed by atoms with van der Waals surface area (Å²) in [6.07, 6.45) is 0.736. The van der Waals surface area contributed by atoms with Crippen LogP contribution in [0.4, 0.5) is 10.6 Å². The molecular formula is C28H23N5O4S2. The molecular weight excluding hydrogens is 534 g/mol. The second-order valence-electron chi connectivity index (χ2n) is 9.09. The molecule has 4 aromatic heterocycles. The molecule has 0 aliphatic carbocycles. The predicted octanol–water partition coefficient (Wildman–Crippen LogP) is 6.84. The quantitative estimate of drug-likeness (QED) is 0.197. The van der Waals surface area contributed by atoms with E-state index in [9.17, 15) is 14.7 Å². The molecule has 0 unspecified atom stereocenters. The van der Waals surface area contributed by atoms with Crippen molar-refractivity contribution < 1.29 is 19.4 Å². The third-order valence-corrected chi connectivity index (χ3v) is 8.78. The molecule has 0 aliphatic rings. The number of aliphatic carboxylic acids is 1. The van der Waals surface area contributed by atoms with Crippen LogP contribution in [0, 0.1) is 0 Å². The molecule has 39 heavy (non-hydrogen) atoms. The summed E-state index contributed by atoms with van der Waals surface area (Å²) < 4.78 is 9.26. The summed E-state index contributed by atoms with van der Waals surface area (Å²) in [5.41, 5.74) is 4.18. The van der Waals surface area contributed by atoms with Crippen molar-refractivity contribution in [3.05, 3.63) is 78.0 Å². The van der Waals surface area contributed by atoms with Crippen molar-refractivity contribution in [3.8, 4) is 21.0 Å². The fourth-order valence-electron chi connectivity index (χ4n) is 4.48. The first-order valence-electron chi connectivity index (χ1n) is 12.1. The highest BCUT2D eigenvalue weighted by Gasteiger charge is 2.21. The number of nitrogens with zero attached hydrogens (tertiary/aromatic N) is 3. The Morgan fingerprint density at radius 1 is 1.08 bits per heavy atom. The summed E-state index contributed by atoms with van der Waals surface area (Å²) in [5.74, 6) is -0.402. The Balaban J connectivity index is 1.24. The molecule has 1 amide bonds. The van der Waals surface area contributed by atoms with Crippen LogP contribution in [0.3, 0.4) is 0 Å². The van der Waals surface area contributed by atoms with Gasteiger partial charge in [-0.2, -0.15) is 0 Å². The number of amides is 1. The van der Waals surface area contributed by atoms with Gasteiger partial charge in [-0.25, -0.2) is 9.48 Å². The lowest BCUT2D eigenvalue weighted by Gasteiger charge is -2.14. The van der Waals surface area contributed by atoms with Gasteiger partial charge in [0.15, 0.2) is 5.82 Å². The maximum Gasteiger partial charge on any atom is 0.413 e. The molecule has 0 fully saturated rings. The summed E-state index contributed by atoms with van der Waals surface area (Å²) in [5, 5.41) is 21.4. The molecule has 0 saturated carbocycles. The molecule has 196 valence electrons. The van der Waals surface area contributed by atoms with Crippen LogP contribution in [-0.2, 0) is 23.0 Å². The highest BCUT2D eigenvalue weighted by atomic mass is 32.1. The van der Waals surface area contributed by atoms with Gasteiger partial charge < -0.3 is 14.8 Å². The minimum Gasteiger partial charge on any atom is -0.481 e. The van der Waals surface area contributed by atoms with Gasteiger partial charge in [0.2, 0.25) is 0 Å². The molecule has 4 heterocycles. The second kappa shape index (κ2) is 10.0. The molecule has 0 spiro atoms. The van der Waals surface area contributed by atoms with Crippen molar-refractivity contribution in [2.24, 2.45) is 7.05 Å². The van der Waals surface area contributed by atoms with Crippen LogP contribution in [0.5, 0.6) is 0 Å². The van der Waals surface area contributed by atoms with Gasteiger partial charge in [-0.15, -0.1) is 27.8 Å². The van der Waals surface area contributed by atoms with Crippen LogP contribution < -0.4 is 5.32 Å². The molecule has 9 nitrogen and oxygen atoms in total. The number of aromatic amines is 1. The van der Waals surface area contributed by atoms with Gasteiger partial charge in [-0.1, -0.05) is 41.6 Å². The molecule has 0 radical (unpaired) electrons. The van der Waals surface area contributed by atoms with Crippen molar-refractivity contribution >= 4 is 60.9 Å². The Morgan fingerprint density at radius 3 is 2.59 bits per heavy atom. The van der Waals surface area contributed by atoms with Gasteiger partial charge in [0.25, 0.3) is 0 Å². The summed E-state index contributed by atoms with van der Waals surface area (Å²) in [6.45, 7) is 1.82. The number of aryl methyl sites for hydroxylation is 1. The number of thiophene rings is 2. The lowest BCUT2D eigenvalue weighted by Crippen LogP contribution is -2.18. The first-order valence-corrected chi connectivity index (χ1v) is 13.8. The molecule has 6 rings (SSSR count). The maximum absolute atomic E-state index is 12.7. The SMILES string of the molecule is C[C@@H](OC(=O)Nc1c(-c2cc3sc(-c4ccc5[nH]cc(CC(=O)O)c5c4)cc3s2)nnn1C)c1ccccc1. The van der Waals surface area contributed by atoms with Crippen molar-refractivity contribution in [2.45, 2.75) is 19.4 Å². The number of aromatic nitrogens is 4. The number of benzene rings is 2. The van der Waals surface area contributed by atoms with Gasteiger partial charge in [-0.3, -0.25) is 10.1 Å². The Morgan fingerprint density at radius 2 is 1.82 bits per heavy atom. The van der Waals surface area contributed by atoms with E-state index in [1.54, 1.807) is 35.9 Å². The van der Waals surface area contributed by atoms with E-state index in [1.807, 2.05) is 61.5 Å². The summed E-state index contributed by atoms with van der Waals surface area (Å²) in [7, 11) is 1.72. The van der Waals surface area contributed by atoms with Crippen molar-refractivity contribution in [1.29, 1.82) is 0 Å². The number of ether oxygens (including phenoxy) is 1. The summed E-state index contributed by atoms with van der Waals surface area (Å²) in [6, 6.07) is 19.8. The van der Waals surface area contributed by atoms with E-state index in [2.05, 4.69) is 26.7 Å². The zero-order chi connectivity index (χ0) is 27.1. The number of hydrogen-bond acceptors (Lipinski definition) is 7. The van der Waals surface area contributed by atoms with E-state index in [1.165, 1.54) is 4.68 Å². The monoisotopic (exact) mass is 557 g/mol. The minimum absolute atomic E-state index is 0.0282. The summed E-state index contributed by atoms with van der Waals surface area (Å²) in [4.78, 5) is 29.0. The van der Waals surface area contributed by atoms with E-state index in [0.29, 0.717) is 11.5 Å². The van der Waals surface area contributed by atoms with Gasteiger partial charge >= 0.3 is 12.1 Å². The largest absolute Gasteiger partial charge is 0.481 e. The van der Waals surface area contributed by atoms with Gasteiger partial charge in [0.05, 0.1) is 11.3 Å². The van der Waals surface area contributed by atoms with Crippen LogP contribution >= 0.6 is 22.7 Å². The normalized spacial score (nSPS) is 12.2. The van der Waals surface area contributed by atoms with E-state index in [4.69, 9.17) is 4.74 Å². The standard InChI is InChI=1S/C28H23N5O4S2/c1-15(16-6-4-3-5-7-16)37-28(36)30-27-26(31-32-33(27)2)24-13-23-22(39-24)12-21(38-23)17-8-9-20-19(10-17)18(14-29-20)11-25(34)35/h3-10,12-15,29H,11H2,1-2H3,(H,30,36)(H,34,35)/t15-/m1/s1. The van der Waals surface area contributed by atoms with Crippen LogP contribution in [0.15, 0.2) is 66.9 Å². The molecule has 0 bridgehead atoms. The molecule has 3 N–H and O–H groups in total. The number of hydrogen-bond donors (Lipinski definition) is 3. The number of carbonyl (C=O) groups is 2. The second-order valence-corrected chi connectivity index (χ2v) is 11.3. The Kier molecular flexibility index (Phi) is 6.37. The van der Waals surface area contributed by atoms with Crippen molar-refractivity contribution in [3.63, 3.8) is 0 Å². The first-order chi connectivity index (χ1) is 18.9. The Hall–Kier alpha value is -4.48. The van der Waals surface area contributed by atoms with Gasteiger partial charge in [-0.05, 0) is 47.9 Å². The van der Waals surface area contributed by atoms with E-state index in [0.717, 1.165) is 46.7 Å². The number of carbonyl (C=O) groups excluding carboxylic acids is 1. The lowest BCUT2D eigenvalue weighted by molar-refractivity contribution is -0.136. The zero-order valence-electron chi connectivity index (χ0n) is 21.0. The molecule has 6 aromatic rings. The molecule has 11 heteroatoms. The smallest absolute Gasteiger partial charge is 0.413 e. The van der Waals surface area contributed by atoms with Crippen molar-refractivity contribution in [2.75, 3.05) is 5.32 Å². The van der Waals surface area contributed by atoms with E-state index < -0.39 is 18.2 Å². The summed E-state index contributed by atoms with van der Waals surface area (Å²) >= 11 is 3.21. The van der Waals surface area contributed by atoms with Gasteiger partial charge in [0.1, 0.15) is 11.8 Å². The number of anilines is 1. The highest BCUT2D eigenvalue weighted by Crippen LogP contribution is 2.43. The number of nitrogens with one attached hydrogen (secondary N) is 2. The third-order valence-electron chi connectivity index (χ3n) is 6.43. The molecule has 1 atom stereocenters. The first kappa shape index (κ1) is 24.8. The number of rotatable bonds is 7. The average molecular weight is 558 g/mol. The fourth-order valence-corrected chi connectivity index (χ4v) is 6.86. The minimum atomic E-state index is -0.859. The lowest BCUT2D eigenvalue weighted by atomic mass is 10.1. The van der Waals surface area contributed by atoms with Crippen LogP contribution in [0.2, 0.25) is 0 Å².